The molecule has 2 N–H and O–H groups in total. The highest BCUT2D eigenvalue weighted by Crippen LogP contribution is 2.30. The Morgan fingerprint density at radius 1 is 1.33 bits per heavy atom. The van der Waals surface area contributed by atoms with Crippen LogP contribution in [0.25, 0.3) is 0 Å². The van der Waals surface area contributed by atoms with Crippen molar-refractivity contribution >= 4 is 17.3 Å². The van der Waals surface area contributed by atoms with E-state index in [2.05, 4.69) is 27.2 Å². The number of aliphatic hydroxyl groups is 1. The van der Waals surface area contributed by atoms with Crippen molar-refractivity contribution in [2.45, 2.75) is 44.2 Å². The van der Waals surface area contributed by atoms with Crippen LogP contribution in [0, 0.1) is 11.8 Å². The van der Waals surface area contributed by atoms with Gasteiger partial charge in [-0.25, -0.2) is 4.98 Å². The number of halogens is 1. The van der Waals surface area contributed by atoms with Crippen LogP contribution in [0.2, 0.25) is 5.15 Å². The number of rotatable bonds is 2. The van der Waals surface area contributed by atoms with Crippen LogP contribution in [0.3, 0.4) is 0 Å². The van der Waals surface area contributed by atoms with Gasteiger partial charge in [-0.1, -0.05) is 23.4 Å². The molecule has 0 aliphatic heterocycles. The number of pyridine rings is 1. The predicted octanol–water partition coefficient (Wildman–Crippen LogP) is 2.97. The van der Waals surface area contributed by atoms with E-state index in [0.29, 0.717) is 11.2 Å². The van der Waals surface area contributed by atoms with Gasteiger partial charge in [0.05, 0.1) is 28.6 Å². The summed E-state index contributed by atoms with van der Waals surface area (Å²) >= 11 is 6.05. The summed E-state index contributed by atoms with van der Waals surface area (Å²) in [5, 5.41) is 18.1. The minimum atomic E-state index is -0.545. The molecule has 2 heterocycles. The Labute approximate surface area is 147 Å². The van der Waals surface area contributed by atoms with Crippen molar-refractivity contribution in [3.05, 3.63) is 40.9 Å². The fraction of sp³-hybridized carbons (Fsp3) is 0.444. The van der Waals surface area contributed by atoms with Gasteiger partial charge < -0.3 is 10.4 Å². The Balaban J connectivity index is 1.78. The van der Waals surface area contributed by atoms with Crippen LogP contribution in [0.5, 0.6) is 0 Å². The van der Waals surface area contributed by atoms with E-state index < -0.39 is 5.60 Å². The SMILES string of the molecule is Cn1cc(C#Cc2cnc(Cl)cc2NC2CCC(C)(O)CC2)cn1. The molecule has 5 nitrogen and oxygen atoms in total. The zero-order valence-electron chi connectivity index (χ0n) is 13.9. The quantitative estimate of drug-likeness (QED) is 0.649. The van der Waals surface area contributed by atoms with Gasteiger partial charge in [0.25, 0.3) is 0 Å². The zero-order chi connectivity index (χ0) is 17.2. The average molecular weight is 345 g/mol. The molecule has 0 spiro atoms. The first kappa shape index (κ1) is 16.8. The molecular weight excluding hydrogens is 324 g/mol. The first-order valence-electron chi connectivity index (χ1n) is 8.06. The van der Waals surface area contributed by atoms with Crippen molar-refractivity contribution in [2.75, 3.05) is 5.32 Å². The standard InChI is InChI=1S/C18H21ClN4O/c1-18(24)7-5-15(6-8-18)22-16-9-17(19)20-11-14(16)4-3-13-10-21-23(2)12-13/h9-12,15,24H,5-8H2,1-2H3,(H,20,22). The third kappa shape index (κ3) is 4.28. The smallest absolute Gasteiger partial charge is 0.131 e. The maximum atomic E-state index is 10.1. The van der Waals surface area contributed by atoms with Gasteiger partial charge in [-0.15, -0.1) is 0 Å². The molecule has 126 valence electrons. The monoisotopic (exact) mass is 344 g/mol. The van der Waals surface area contributed by atoms with E-state index in [-0.39, 0.29) is 0 Å². The lowest BCUT2D eigenvalue weighted by Gasteiger charge is -2.34. The number of hydrogen-bond donors (Lipinski definition) is 2. The van der Waals surface area contributed by atoms with Crippen molar-refractivity contribution in [3.63, 3.8) is 0 Å². The lowest BCUT2D eigenvalue weighted by Crippen LogP contribution is -2.35. The van der Waals surface area contributed by atoms with Gasteiger partial charge in [-0.05, 0) is 38.7 Å². The van der Waals surface area contributed by atoms with Crippen molar-refractivity contribution in [1.29, 1.82) is 0 Å². The molecule has 24 heavy (non-hydrogen) atoms. The number of aromatic nitrogens is 3. The second-order valence-electron chi connectivity index (χ2n) is 6.62. The Kier molecular flexibility index (Phi) is 4.79. The zero-order valence-corrected chi connectivity index (χ0v) is 14.6. The van der Waals surface area contributed by atoms with E-state index in [0.717, 1.165) is 42.5 Å². The van der Waals surface area contributed by atoms with Gasteiger partial charge in [0.15, 0.2) is 0 Å². The third-order valence-electron chi connectivity index (χ3n) is 4.34. The summed E-state index contributed by atoms with van der Waals surface area (Å²) in [6.45, 7) is 1.90. The maximum absolute atomic E-state index is 10.1. The predicted molar refractivity (Wildman–Crippen MR) is 94.9 cm³/mol. The van der Waals surface area contributed by atoms with Crippen LogP contribution in [0.1, 0.15) is 43.7 Å². The number of hydrogen-bond acceptors (Lipinski definition) is 4. The molecule has 1 aliphatic carbocycles. The molecule has 1 aliphatic rings. The molecule has 0 amide bonds. The summed E-state index contributed by atoms with van der Waals surface area (Å²) in [4.78, 5) is 4.14. The molecule has 0 radical (unpaired) electrons. The normalized spacial score (nSPS) is 23.4. The summed E-state index contributed by atoms with van der Waals surface area (Å²) < 4.78 is 1.72. The molecular formula is C18H21ClN4O. The second kappa shape index (κ2) is 6.84. The lowest BCUT2D eigenvalue weighted by atomic mass is 9.83. The molecule has 0 atom stereocenters. The maximum Gasteiger partial charge on any atom is 0.131 e. The Morgan fingerprint density at radius 2 is 2.08 bits per heavy atom. The minimum absolute atomic E-state index is 0.308. The van der Waals surface area contributed by atoms with E-state index in [1.807, 2.05) is 26.2 Å². The fourth-order valence-corrected chi connectivity index (χ4v) is 3.04. The van der Waals surface area contributed by atoms with Crippen molar-refractivity contribution in [3.8, 4) is 11.8 Å². The third-order valence-corrected chi connectivity index (χ3v) is 4.55. The molecule has 6 heteroatoms. The van der Waals surface area contributed by atoms with Gasteiger partial charge in [0.2, 0.25) is 0 Å². The van der Waals surface area contributed by atoms with Crippen LogP contribution < -0.4 is 5.32 Å². The summed E-state index contributed by atoms with van der Waals surface area (Å²) in [5.41, 5.74) is 2.00. The van der Waals surface area contributed by atoms with Crippen LogP contribution in [-0.2, 0) is 7.05 Å². The number of aryl methyl sites for hydroxylation is 1. The van der Waals surface area contributed by atoms with Gasteiger partial charge in [-0.3, -0.25) is 4.68 Å². The fourth-order valence-electron chi connectivity index (χ4n) is 2.88. The highest BCUT2D eigenvalue weighted by Gasteiger charge is 2.28. The van der Waals surface area contributed by atoms with Crippen LogP contribution in [0.15, 0.2) is 24.7 Å². The molecule has 0 saturated heterocycles. The van der Waals surface area contributed by atoms with Gasteiger partial charge >= 0.3 is 0 Å². The first-order chi connectivity index (χ1) is 11.4. The molecule has 0 unspecified atom stereocenters. The van der Waals surface area contributed by atoms with Crippen molar-refractivity contribution in [1.82, 2.24) is 14.8 Å². The Morgan fingerprint density at radius 3 is 2.75 bits per heavy atom. The highest BCUT2D eigenvalue weighted by atomic mass is 35.5. The topological polar surface area (TPSA) is 63.0 Å². The molecule has 2 aromatic heterocycles. The van der Waals surface area contributed by atoms with Crippen LogP contribution in [0.4, 0.5) is 5.69 Å². The molecule has 3 rings (SSSR count). The van der Waals surface area contributed by atoms with E-state index in [1.165, 1.54) is 0 Å². The molecule has 0 aromatic carbocycles. The number of anilines is 1. The van der Waals surface area contributed by atoms with E-state index in [1.54, 1.807) is 17.1 Å². The Bertz CT molecular complexity index is 778. The highest BCUT2D eigenvalue weighted by molar-refractivity contribution is 6.29. The number of nitrogens with one attached hydrogen (secondary N) is 1. The van der Waals surface area contributed by atoms with Gasteiger partial charge in [0.1, 0.15) is 5.15 Å². The van der Waals surface area contributed by atoms with Crippen LogP contribution >= 0.6 is 11.6 Å². The average Bonchev–Trinajstić information content (AvgIpc) is 2.94. The van der Waals surface area contributed by atoms with E-state index in [4.69, 9.17) is 11.6 Å². The van der Waals surface area contributed by atoms with Crippen molar-refractivity contribution in [2.24, 2.45) is 7.05 Å². The van der Waals surface area contributed by atoms with Gasteiger partial charge in [-0.2, -0.15) is 5.10 Å². The second-order valence-corrected chi connectivity index (χ2v) is 7.01. The minimum Gasteiger partial charge on any atom is -0.390 e. The Hall–Kier alpha value is -2.03. The molecule has 1 saturated carbocycles. The van der Waals surface area contributed by atoms with Crippen LogP contribution in [-0.4, -0.2) is 31.5 Å². The summed E-state index contributed by atoms with van der Waals surface area (Å²) in [6, 6.07) is 2.12. The molecule has 0 bridgehead atoms. The first-order valence-corrected chi connectivity index (χ1v) is 8.44. The van der Waals surface area contributed by atoms with E-state index in [9.17, 15) is 5.11 Å². The summed E-state index contributed by atoms with van der Waals surface area (Å²) in [6.07, 6.45) is 8.71. The summed E-state index contributed by atoms with van der Waals surface area (Å²) in [7, 11) is 1.86. The molecule has 2 aromatic rings. The summed E-state index contributed by atoms with van der Waals surface area (Å²) in [5.74, 6) is 6.24. The van der Waals surface area contributed by atoms with Crippen molar-refractivity contribution < 1.29 is 5.11 Å². The van der Waals surface area contributed by atoms with E-state index >= 15 is 0 Å². The molecule has 1 fully saturated rings. The largest absolute Gasteiger partial charge is 0.390 e. The number of nitrogens with zero attached hydrogens (tertiary/aromatic N) is 3. The van der Waals surface area contributed by atoms with Gasteiger partial charge in [0, 0.05) is 25.5 Å². The lowest BCUT2D eigenvalue weighted by molar-refractivity contribution is 0.0196.